The van der Waals surface area contributed by atoms with E-state index in [0.29, 0.717) is 0 Å². The van der Waals surface area contributed by atoms with Crippen LogP contribution in [0.4, 0.5) is 5.95 Å². The molecule has 0 bridgehead atoms. The fourth-order valence-electron chi connectivity index (χ4n) is 1.55. The summed E-state index contributed by atoms with van der Waals surface area (Å²) in [6.07, 6.45) is 0. The van der Waals surface area contributed by atoms with Crippen LogP contribution in [0, 0.1) is 5.41 Å². The molecule has 9 heteroatoms. The summed E-state index contributed by atoms with van der Waals surface area (Å²) >= 11 is 0. The first-order valence-corrected chi connectivity index (χ1v) is 6.47. The molecule has 2 aromatic heterocycles. The van der Waals surface area contributed by atoms with Crippen molar-refractivity contribution in [3.8, 4) is 11.8 Å². The zero-order valence-corrected chi connectivity index (χ0v) is 13.0. The van der Waals surface area contributed by atoms with Gasteiger partial charge in [-0.25, -0.2) is 0 Å². The maximum absolute atomic E-state index is 12.1. The van der Waals surface area contributed by atoms with E-state index in [2.05, 4.69) is 25.3 Å². The Morgan fingerprint density at radius 1 is 1.09 bits per heavy atom. The van der Waals surface area contributed by atoms with Gasteiger partial charge in [-0.1, -0.05) is 20.8 Å². The van der Waals surface area contributed by atoms with Crippen molar-refractivity contribution in [3.05, 3.63) is 10.4 Å². The van der Waals surface area contributed by atoms with Gasteiger partial charge in [-0.2, -0.15) is 15.0 Å². The smallest absolute Gasteiger partial charge is 0.280 e. The molecule has 0 radical (unpaired) electrons. The van der Waals surface area contributed by atoms with E-state index in [-0.39, 0.29) is 34.8 Å². The van der Waals surface area contributed by atoms with Crippen LogP contribution in [-0.4, -0.2) is 40.1 Å². The number of carbonyl (C=O) groups is 1. The van der Waals surface area contributed by atoms with Crippen LogP contribution in [0.2, 0.25) is 0 Å². The summed E-state index contributed by atoms with van der Waals surface area (Å²) in [4.78, 5) is 38.6. The van der Waals surface area contributed by atoms with E-state index in [4.69, 9.17) is 9.47 Å². The van der Waals surface area contributed by atoms with Crippen molar-refractivity contribution < 1.29 is 14.3 Å². The Bertz CT molecular complexity index is 778. The second-order valence-electron chi connectivity index (χ2n) is 5.53. The summed E-state index contributed by atoms with van der Waals surface area (Å²) in [5.74, 6) is -0.114. The Hall–Kier alpha value is -2.71. The van der Waals surface area contributed by atoms with Gasteiger partial charge in [-0.05, 0) is 0 Å². The van der Waals surface area contributed by atoms with Crippen molar-refractivity contribution in [1.29, 1.82) is 0 Å². The number of nitrogens with zero attached hydrogens (tertiary/aromatic N) is 3. The monoisotopic (exact) mass is 307 g/mol. The zero-order chi connectivity index (χ0) is 16.5. The number of rotatable bonds is 3. The molecule has 0 aliphatic carbocycles. The van der Waals surface area contributed by atoms with Gasteiger partial charge < -0.3 is 9.47 Å². The standard InChI is InChI=1S/C13H17N5O4/c1-13(2,3)11(20)18-12-16-7-6(8(19)17-12)14-9(21-4)10(15-7)22-5/h1-5H3,(H2,15,16,17,18,19,20). The SMILES string of the molecule is COc1nc2nc(NC(=O)C(C)(C)C)[nH]c(=O)c2nc1OC. The Morgan fingerprint density at radius 3 is 2.23 bits per heavy atom. The molecule has 2 rings (SSSR count). The highest BCUT2D eigenvalue weighted by atomic mass is 16.5. The van der Waals surface area contributed by atoms with Gasteiger partial charge in [0.25, 0.3) is 17.3 Å². The number of anilines is 1. The van der Waals surface area contributed by atoms with Crippen molar-refractivity contribution >= 4 is 23.0 Å². The molecule has 0 spiro atoms. The molecule has 22 heavy (non-hydrogen) atoms. The van der Waals surface area contributed by atoms with Gasteiger partial charge in [0.15, 0.2) is 11.2 Å². The number of fused-ring (bicyclic) bond motifs is 1. The Labute approximate surface area is 126 Å². The predicted molar refractivity (Wildman–Crippen MR) is 79.1 cm³/mol. The third kappa shape index (κ3) is 2.97. The van der Waals surface area contributed by atoms with Crippen LogP contribution in [0.5, 0.6) is 11.8 Å². The van der Waals surface area contributed by atoms with E-state index in [0.717, 1.165) is 0 Å². The summed E-state index contributed by atoms with van der Waals surface area (Å²) in [5.41, 5.74) is -1.13. The lowest BCUT2D eigenvalue weighted by Crippen LogP contribution is -2.29. The van der Waals surface area contributed by atoms with E-state index in [9.17, 15) is 9.59 Å². The third-order valence-electron chi connectivity index (χ3n) is 2.78. The highest BCUT2D eigenvalue weighted by Gasteiger charge is 2.22. The minimum atomic E-state index is -0.628. The van der Waals surface area contributed by atoms with Crippen LogP contribution < -0.4 is 20.3 Å². The van der Waals surface area contributed by atoms with Crippen LogP contribution in [0.1, 0.15) is 20.8 Å². The maximum atomic E-state index is 12.1. The molecule has 0 aromatic carbocycles. The number of hydrogen-bond acceptors (Lipinski definition) is 7. The van der Waals surface area contributed by atoms with Gasteiger partial charge in [-0.3, -0.25) is 19.9 Å². The Kier molecular flexibility index (Phi) is 3.98. The van der Waals surface area contributed by atoms with Gasteiger partial charge in [-0.15, -0.1) is 0 Å². The first kappa shape index (κ1) is 15.7. The topological polar surface area (TPSA) is 119 Å². The second kappa shape index (κ2) is 5.58. The first-order chi connectivity index (χ1) is 10.3. The van der Waals surface area contributed by atoms with Crippen molar-refractivity contribution in [2.45, 2.75) is 20.8 Å². The molecule has 2 aromatic rings. The fourth-order valence-corrected chi connectivity index (χ4v) is 1.55. The molecule has 0 aliphatic rings. The van der Waals surface area contributed by atoms with Crippen molar-refractivity contribution in [3.63, 3.8) is 0 Å². The maximum Gasteiger partial charge on any atom is 0.280 e. The molecular formula is C13H17N5O4. The summed E-state index contributed by atoms with van der Waals surface area (Å²) in [5, 5.41) is 2.54. The van der Waals surface area contributed by atoms with Crippen LogP contribution in [0.25, 0.3) is 11.2 Å². The number of methoxy groups -OCH3 is 2. The van der Waals surface area contributed by atoms with Gasteiger partial charge in [0.2, 0.25) is 11.9 Å². The molecule has 0 aliphatic heterocycles. The molecule has 9 nitrogen and oxygen atoms in total. The van der Waals surface area contributed by atoms with Crippen LogP contribution in [-0.2, 0) is 4.79 Å². The lowest BCUT2D eigenvalue weighted by Gasteiger charge is -2.16. The molecule has 0 saturated carbocycles. The molecule has 0 atom stereocenters. The highest BCUT2D eigenvalue weighted by Crippen LogP contribution is 2.23. The number of nitrogens with one attached hydrogen (secondary N) is 2. The molecule has 0 saturated heterocycles. The van der Waals surface area contributed by atoms with Crippen LogP contribution in [0.3, 0.4) is 0 Å². The molecule has 2 N–H and O–H groups in total. The molecule has 2 heterocycles. The molecule has 0 unspecified atom stereocenters. The summed E-state index contributed by atoms with van der Waals surface area (Å²) in [6.45, 7) is 5.24. The van der Waals surface area contributed by atoms with Crippen molar-refractivity contribution in [2.24, 2.45) is 5.41 Å². The molecular weight excluding hydrogens is 290 g/mol. The summed E-state index contributed by atoms with van der Waals surface area (Å²) in [6, 6.07) is 0. The van der Waals surface area contributed by atoms with E-state index in [1.54, 1.807) is 20.8 Å². The largest absolute Gasteiger partial charge is 0.477 e. The van der Waals surface area contributed by atoms with Crippen LogP contribution in [0.15, 0.2) is 4.79 Å². The number of carbonyl (C=O) groups excluding carboxylic acids is 1. The van der Waals surface area contributed by atoms with Gasteiger partial charge in [0, 0.05) is 5.41 Å². The minimum Gasteiger partial charge on any atom is -0.477 e. The minimum absolute atomic E-state index is 0.000977. The van der Waals surface area contributed by atoms with Gasteiger partial charge in [0.1, 0.15) is 0 Å². The number of amides is 1. The molecule has 1 amide bonds. The van der Waals surface area contributed by atoms with Gasteiger partial charge >= 0.3 is 0 Å². The van der Waals surface area contributed by atoms with Crippen molar-refractivity contribution in [1.82, 2.24) is 19.9 Å². The summed E-state index contributed by atoms with van der Waals surface area (Å²) < 4.78 is 10.0. The quantitative estimate of drug-likeness (QED) is 0.857. The number of aromatic nitrogens is 4. The molecule has 118 valence electrons. The average molecular weight is 307 g/mol. The Balaban J connectivity index is 2.53. The fraction of sp³-hybridized carbons (Fsp3) is 0.462. The number of hydrogen-bond donors (Lipinski definition) is 2. The third-order valence-corrected chi connectivity index (χ3v) is 2.78. The predicted octanol–water partition coefficient (Wildman–Crippen LogP) is 0.715. The van der Waals surface area contributed by atoms with E-state index in [1.807, 2.05) is 0 Å². The van der Waals surface area contributed by atoms with Gasteiger partial charge in [0.05, 0.1) is 14.2 Å². The van der Waals surface area contributed by atoms with E-state index >= 15 is 0 Å². The number of ether oxygens (including phenoxy) is 2. The van der Waals surface area contributed by atoms with Crippen molar-refractivity contribution in [2.75, 3.05) is 19.5 Å². The van der Waals surface area contributed by atoms with Crippen LogP contribution >= 0.6 is 0 Å². The normalized spacial score (nSPS) is 11.3. The average Bonchev–Trinajstić information content (AvgIpc) is 2.45. The first-order valence-electron chi connectivity index (χ1n) is 6.47. The van der Waals surface area contributed by atoms with E-state index in [1.165, 1.54) is 14.2 Å². The zero-order valence-electron chi connectivity index (χ0n) is 13.0. The highest BCUT2D eigenvalue weighted by molar-refractivity contribution is 5.93. The lowest BCUT2D eigenvalue weighted by atomic mass is 9.96. The summed E-state index contributed by atoms with van der Waals surface area (Å²) in [7, 11) is 2.78. The molecule has 0 fully saturated rings. The number of H-pyrrole nitrogens is 1. The second-order valence-corrected chi connectivity index (χ2v) is 5.53. The Morgan fingerprint density at radius 2 is 1.68 bits per heavy atom. The lowest BCUT2D eigenvalue weighted by molar-refractivity contribution is -0.123. The van der Waals surface area contributed by atoms with E-state index < -0.39 is 11.0 Å². The number of aromatic amines is 1.